The zero-order chi connectivity index (χ0) is 15.6. The number of carbonyl (C=O) groups excluding carboxylic acids is 1. The van der Waals surface area contributed by atoms with Gasteiger partial charge in [-0.05, 0) is 31.0 Å². The van der Waals surface area contributed by atoms with Crippen molar-refractivity contribution in [3.8, 4) is 6.07 Å². The predicted molar refractivity (Wildman–Crippen MR) is 71.8 cm³/mol. The molecule has 1 aromatic rings. The van der Waals surface area contributed by atoms with E-state index in [9.17, 15) is 18.0 Å². The first-order valence-electron chi connectivity index (χ1n) is 6.69. The van der Waals surface area contributed by atoms with E-state index in [1.165, 1.54) is 6.07 Å². The molecular weight excluding hydrogens is 281 g/mol. The van der Waals surface area contributed by atoms with E-state index in [1.54, 1.807) is 7.05 Å². The van der Waals surface area contributed by atoms with E-state index in [-0.39, 0.29) is 17.4 Å². The minimum atomic E-state index is -4.46. The average Bonchev–Trinajstić information content (AvgIpc) is 2.45. The van der Waals surface area contributed by atoms with Gasteiger partial charge in [-0.3, -0.25) is 4.79 Å². The molecular formula is C15H15F3N2O. The number of halogens is 3. The molecule has 0 spiro atoms. The lowest BCUT2D eigenvalue weighted by Gasteiger charge is -2.33. The molecule has 21 heavy (non-hydrogen) atoms. The molecule has 0 radical (unpaired) electrons. The van der Waals surface area contributed by atoms with Crippen molar-refractivity contribution in [3.63, 3.8) is 0 Å². The topological polar surface area (TPSA) is 44.1 Å². The van der Waals surface area contributed by atoms with Crippen molar-refractivity contribution in [1.29, 1.82) is 5.26 Å². The van der Waals surface area contributed by atoms with E-state index in [0.717, 1.165) is 12.1 Å². The van der Waals surface area contributed by atoms with Gasteiger partial charge < -0.3 is 4.90 Å². The van der Waals surface area contributed by atoms with Crippen LogP contribution in [0.15, 0.2) is 18.2 Å². The summed E-state index contributed by atoms with van der Waals surface area (Å²) in [6.07, 6.45) is -2.16. The van der Waals surface area contributed by atoms with Crippen LogP contribution in [0.1, 0.15) is 36.8 Å². The predicted octanol–water partition coefficient (Wildman–Crippen LogP) is 3.52. The molecule has 6 heteroatoms. The molecule has 0 heterocycles. The number of nitriles is 1. The van der Waals surface area contributed by atoms with Gasteiger partial charge in [0.25, 0.3) is 0 Å². The molecule has 0 N–H and O–H groups in total. The number of anilines is 1. The summed E-state index contributed by atoms with van der Waals surface area (Å²) in [6.45, 7) is 0. The van der Waals surface area contributed by atoms with Crippen LogP contribution in [0.2, 0.25) is 0 Å². The SMILES string of the molecule is CN(c1ccc(C(F)(F)F)cc1C#N)C1CCC(=O)CC1. The highest BCUT2D eigenvalue weighted by Crippen LogP contribution is 2.34. The first kappa shape index (κ1) is 15.4. The minimum absolute atomic E-state index is 0.00391. The maximum absolute atomic E-state index is 12.7. The van der Waals surface area contributed by atoms with Crippen molar-refractivity contribution in [3.05, 3.63) is 29.3 Å². The minimum Gasteiger partial charge on any atom is -0.371 e. The van der Waals surface area contributed by atoms with Crippen LogP contribution in [0, 0.1) is 11.3 Å². The van der Waals surface area contributed by atoms with Gasteiger partial charge in [0.1, 0.15) is 11.9 Å². The second-order valence-corrected chi connectivity index (χ2v) is 5.22. The monoisotopic (exact) mass is 296 g/mol. The number of benzene rings is 1. The summed E-state index contributed by atoms with van der Waals surface area (Å²) < 4.78 is 38.0. The summed E-state index contributed by atoms with van der Waals surface area (Å²) >= 11 is 0. The maximum atomic E-state index is 12.7. The van der Waals surface area contributed by atoms with Crippen LogP contribution in [0.5, 0.6) is 0 Å². The van der Waals surface area contributed by atoms with Gasteiger partial charge >= 0.3 is 6.18 Å². The van der Waals surface area contributed by atoms with Crippen molar-refractivity contribution in [2.45, 2.75) is 37.9 Å². The number of Topliss-reactive ketones (excluding diaryl/α,β-unsaturated/α-hetero) is 1. The fourth-order valence-corrected chi connectivity index (χ4v) is 2.62. The molecule has 112 valence electrons. The van der Waals surface area contributed by atoms with Gasteiger partial charge in [-0.25, -0.2) is 0 Å². The molecule has 1 fully saturated rings. The van der Waals surface area contributed by atoms with Crippen LogP contribution in [-0.4, -0.2) is 18.9 Å². The third-order valence-electron chi connectivity index (χ3n) is 3.88. The number of ketones is 1. The van der Waals surface area contributed by atoms with Gasteiger partial charge in [0.15, 0.2) is 0 Å². The molecule has 2 rings (SSSR count). The number of rotatable bonds is 2. The van der Waals surface area contributed by atoms with Gasteiger partial charge in [0.2, 0.25) is 0 Å². The van der Waals surface area contributed by atoms with Crippen molar-refractivity contribution in [2.24, 2.45) is 0 Å². The molecule has 3 nitrogen and oxygen atoms in total. The van der Waals surface area contributed by atoms with Gasteiger partial charge in [0.05, 0.1) is 16.8 Å². The van der Waals surface area contributed by atoms with Crippen molar-refractivity contribution >= 4 is 11.5 Å². The summed E-state index contributed by atoms with van der Waals surface area (Å²) in [6, 6.07) is 5.10. The van der Waals surface area contributed by atoms with Crippen LogP contribution in [-0.2, 0) is 11.0 Å². The molecule has 1 aliphatic rings. The Morgan fingerprint density at radius 1 is 1.29 bits per heavy atom. The van der Waals surface area contributed by atoms with Gasteiger partial charge in [-0.2, -0.15) is 18.4 Å². The molecule has 0 bridgehead atoms. The highest BCUT2D eigenvalue weighted by atomic mass is 19.4. The van der Waals surface area contributed by atoms with Crippen molar-refractivity contribution < 1.29 is 18.0 Å². The Balaban J connectivity index is 2.27. The highest BCUT2D eigenvalue weighted by molar-refractivity contribution is 5.79. The number of hydrogen-bond acceptors (Lipinski definition) is 3. The summed E-state index contributed by atoms with van der Waals surface area (Å²) in [7, 11) is 1.75. The fraction of sp³-hybridized carbons (Fsp3) is 0.467. The Bertz CT molecular complexity index is 580. The van der Waals surface area contributed by atoms with Crippen LogP contribution in [0.4, 0.5) is 18.9 Å². The summed E-state index contributed by atoms with van der Waals surface area (Å²) in [4.78, 5) is 13.1. The fourth-order valence-electron chi connectivity index (χ4n) is 2.62. The normalized spacial score (nSPS) is 16.6. The molecule has 0 saturated heterocycles. The first-order chi connectivity index (χ1) is 9.82. The zero-order valence-electron chi connectivity index (χ0n) is 11.6. The zero-order valence-corrected chi connectivity index (χ0v) is 11.6. The molecule has 1 aliphatic carbocycles. The summed E-state index contributed by atoms with van der Waals surface area (Å²) in [5, 5.41) is 9.10. The first-order valence-corrected chi connectivity index (χ1v) is 6.69. The second kappa shape index (κ2) is 5.76. The Morgan fingerprint density at radius 3 is 2.43 bits per heavy atom. The number of hydrogen-bond donors (Lipinski definition) is 0. The lowest BCUT2D eigenvalue weighted by molar-refractivity contribution is -0.137. The number of alkyl halides is 3. The standard InChI is InChI=1S/C15H15F3N2O/c1-20(12-3-5-13(21)6-4-12)14-7-2-11(15(16,17)18)8-10(14)9-19/h2,7-8,12H,3-6H2,1H3. The molecule has 1 saturated carbocycles. The van der Waals surface area contributed by atoms with Gasteiger partial charge in [-0.15, -0.1) is 0 Å². The van der Waals surface area contributed by atoms with Crippen molar-refractivity contribution in [2.75, 3.05) is 11.9 Å². The van der Waals surface area contributed by atoms with Gasteiger partial charge in [0, 0.05) is 25.9 Å². The van der Waals surface area contributed by atoms with E-state index >= 15 is 0 Å². The molecule has 0 aliphatic heterocycles. The largest absolute Gasteiger partial charge is 0.416 e. The Morgan fingerprint density at radius 2 is 1.90 bits per heavy atom. The lowest BCUT2D eigenvalue weighted by atomic mass is 9.92. The third kappa shape index (κ3) is 3.35. The third-order valence-corrected chi connectivity index (χ3v) is 3.88. The van der Waals surface area contributed by atoms with Crippen LogP contribution in [0.3, 0.4) is 0 Å². The quantitative estimate of drug-likeness (QED) is 0.838. The maximum Gasteiger partial charge on any atom is 0.416 e. The summed E-state index contributed by atoms with van der Waals surface area (Å²) in [5.41, 5.74) is -0.343. The smallest absolute Gasteiger partial charge is 0.371 e. The van der Waals surface area contributed by atoms with Crippen LogP contribution < -0.4 is 4.90 Å². The molecule has 0 amide bonds. The van der Waals surface area contributed by atoms with E-state index in [0.29, 0.717) is 31.4 Å². The molecule has 0 unspecified atom stereocenters. The highest BCUT2D eigenvalue weighted by Gasteiger charge is 2.32. The average molecular weight is 296 g/mol. The van der Waals surface area contributed by atoms with Crippen LogP contribution >= 0.6 is 0 Å². The Kier molecular flexibility index (Phi) is 4.21. The summed E-state index contributed by atoms with van der Waals surface area (Å²) in [5.74, 6) is 0.215. The molecule has 0 atom stereocenters. The van der Waals surface area contributed by atoms with E-state index in [2.05, 4.69) is 0 Å². The van der Waals surface area contributed by atoms with E-state index < -0.39 is 11.7 Å². The van der Waals surface area contributed by atoms with E-state index in [4.69, 9.17) is 5.26 Å². The number of nitrogens with zero attached hydrogens (tertiary/aromatic N) is 2. The lowest BCUT2D eigenvalue weighted by Crippen LogP contribution is -2.35. The second-order valence-electron chi connectivity index (χ2n) is 5.22. The van der Waals surface area contributed by atoms with Gasteiger partial charge in [-0.1, -0.05) is 0 Å². The Hall–Kier alpha value is -2.03. The Labute approximate surface area is 121 Å². The molecule has 0 aromatic heterocycles. The molecule has 1 aromatic carbocycles. The van der Waals surface area contributed by atoms with E-state index in [1.807, 2.05) is 11.0 Å². The van der Waals surface area contributed by atoms with Crippen molar-refractivity contribution in [1.82, 2.24) is 0 Å². The van der Waals surface area contributed by atoms with Crippen LogP contribution in [0.25, 0.3) is 0 Å². The number of carbonyl (C=O) groups is 1.